The maximum atomic E-state index is 12.5. The van der Waals surface area contributed by atoms with Crippen molar-refractivity contribution in [1.82, 2.24) is 15.3 Å². The number of fused-ring (bicyclic) bond motifs is 2. The van der Waals surface area contributed by atoms with E-state index in [0.717, 1.165) is 29.4 Å². The van der Waals surface area contributed by atoms with Gasteiger partial charge in [0, 0.05) is 12.2 Å². The molecule has 4 nitrogen and oxygen atoms in total. The molecule has 2 aromatic heterocycles. The normalized spacial score (nSPS) is 16.9. The topological polar surface area (TPSA) is 57.8 Å². The zero-order valence-corrected chi connectivity index (χ0v) is 16.3. The first kappa shape index (κ1) is 17.8. The molecule has 1 atom stereocenters. The minimum Gasteiger partial charge on any atom is -0.349 e. The number of H-pyrrole nitrogens is 1. The molecule has 3 aromatic rings. The van der Waals surface area contributed by atoms with Crippen LogP contribution in [0.4, 0.5) is 0 Å². The maximum Gasteiger partial charge on any atom is 0.268 e. The van der Waals surface area contributed by atoms with Gasteiger partial charge in [0.2, 0.25) is 0 Å². The lowest BCUT2D eigenvalue weighted by molar-refractivity contribution is 0.0946. The monoisotopic (exact) mass is 361 g/mol. The molecular weight excluding hydrogens is 334 g/mol. The molecule has 1 aliphatic carbocycles. The molecule has 27 heavy (non-hydrogen) atoms. The molecule has 1 unspecified atom stereocenters. The van der Waals surface area contributed by atoms with Crippen molar-refractivity contribution in [2.75, 3.05) is 0 Å². The molecule has 4 heteroatoms. The lowest BCUT2D eigenvalue weighted by atomic mass is 9.71. The SMILES string of the molecule is CC(C)(C)C1CCc2nc3cc(C(=O)NCc4ccccc4)[nH]c3cc2C1. The number of aromatic nitrogens is 2. The van der Waals surface area contributed by atoms with Gasteiger partial charge in [0.25, 0.3) is 5.91 Å². The van der Waals surface area contributed by atoms with E-state index in [1.807, 2.05) is 36.4 Å². The van der Waals surface area contributed by atoms with Gasteiger partial charge in [-0.1, -0.05) is 51.1 Å². The molecule has 2 heterocycles. The number of amides is 1. The van der Waals surface area contributed by atoms with Crippen molar-refractivity contribution >= 4 is 16.9 Å². The predicted molar refractivity (Wildman–Crippen MR) is 109 cm³/mol. The largest absolute Gasteiger partial charge is 0.349 e. The lowest BCUT2D eigenvalue weighted by Gasteiger charge is -2.34. The Bertz CT molecular complexity index is 966. The van der Waals surface area contributed by atoms with Crippen molar-refractivity contribution < 1.29 is 4.79 Å². The number of carbonyl (C=O) groups excluding carboxylic acids is 1. The van der Waals surface area contributed by atoms with Crippen LogP contribution in [-0.4, -0.2) is 15.9 Å². The highest BCUT2D eigenvalue weighted by Crippen LogP contribution is 2.37. The highest BCUT2D eigenvalue weighted by atomic mass is 16.1. The molecule has 1 amide bonds. The van der Waals surface area contributed by atoms with Crippen molar-refractivity contribution in [2.24, 2.45) is 11.3 Å². The van der Waals surface area contributed by atoms with E-state index in [-0.39, 0.29) is 5.91 Å². The fraction of sp³-hybridized carbons (Fsp3) is 0.391. The summed E-state index contributed by atoms with van der Waals surface area (Å²) in [7, 11) is 0. The third kappa shape index (κ3) is 3.75. The molecule has 1 aliphatic rings. The van der Waals surface area contributed by atoms with E-state index in [2.05, 4.69) is 37.1 Å². The Morgan fingerprint density at radius 1 is 1.22 bits per heavy atom. The maximum absolute atomic E-state index is 12.5. The average Bonchev–Trinajstić information content (AvgIpc) is 3.06. The number of aromatic amines is 1. The molecule has 0 bridgehead atoms. The average molecular weight is 361 g/mol. The van der Waals surface area contributed by atoms with Crippen LogP contribution >= 0.6 is 0 Å². The van der Waals surface area contributed by atoms with Crippen molar-refractivity contribution in [3.8, 4) is 0 Å². The first-order valence-corrected chi connectivity index (χ1v) is 9.74. The third-order valence-corrected chi connectivity index (χ3v) is 5.73. The van der Waals surface area contributed by atoms with E-state index in [4.69, 9.17) is 4.98 Å². The van der Waals surface area contributed by atoms with Gasteiger partial charge in [-0.2, -0.15) is 0 Å². The number of rotatable bonds is 3. The second kappa shape index (κ2) is 6.84. The van der Waals surface area contributed by atoms with Crippen molar-refractivity contribution in [3.63, 3.8) is 0 Å². The summed E-state index contributed by atoms with van der Waals surface area (Å²) in [5.74, 6) is 0.579. The minimum atomic E-state index is -0.0950. The Hall–Kier alpha value is -2.62. The Labute approximate surface area is 160 Å². The highest BCUT2D eigenvalue weighted by molar-refractivity contribution is 5.97. The standard InChI is InChI=1S/C23H27N3O/c1-23(2,3)17-9-10-18-16(11-17)12-19-20(25-18)13-21(26-19)22(27)24-14-15-7-5-4-6-8-15/h4-8,12-13,17,26H,9-11,14H2,1-3H3,(H,24,27). The molecule has 4 rings (SSSR count). The fourth-order valence-corrected chi connectivity index (χ4v) is 3.94. The van der Waals surface area contributed by atoms with Gasteiger partial charge in [-0.05, 0) is 53.9 Å². The number of nitrogens with one attached hydrogen (secondary N) is 2. The summed E-state index contributed by atoms with van der Waals surface area (Å²) in [5, 5.41) is 2.97. The number of nitrogens with zero attached hydrogens (tertiary/aromatic N) is 1. The summed E-state index contributed by atoms with van der Waals surface area (Å²) in [6.45, 7) is 7.47. The summed E-state index contributed by atoms with van der Waals surface area (Å²) in [5.41, 5.74) is 6.32. The van der Waals surface area contributed by atoms with Gasteiger partial charge in [0.1, 0.15) is 5.69 Å². The zero-order chi connectivity index (χ0) is 19.0. The Kier molecular flexibility index (Phi) is 4.50. The third-order valence-electron chi connectivity index (χ3n) is 5.73. The van der Waals surface area contributed by atoms with Crippen LogP contribution in [0.25, 0.3) is 11.0 Å². The number of benzene rings is 1. The lowest BCUT2D eigenvalue weighted by Crippen LogP contribution is -2.27. The van der Waals surface area contributed by atoms with E-state index < -0.39 is 0 Å². The van der Waals surface area contributed by atoms with Crippen LogP contribution in [0.2, 0.25) is 0 Å². The summed E-state index contributed by atoms with van der Waals surface area (Å²) in [6.07, 6.45) is 3.27. The Morgan fingerprint density at radius 3 is 2.74 bits per heavy atom. The van der Waals surface area contributed by atoms with E-state index in [1.54, 1.807) is 0 Å². The van der Waals surface area contributed by atoms with E-state index in [9.17, 15) is 4.79 Å². The van der Waals surface area contributed by atoms with Crippen molar-refractivity contribution in [3.05, 3.63) is 65.0 Å². The van der Waals surface area contributed by atoms with Crippen LogP contribution in [0.5, 0.6) is 0 Å². The van der Waals surface area contributed by atoms with Crippen LogP contribution < -0.4 is 5.32 Å². The van der Waals surface area contributed by atoms with Crippen LogP contribution in [0, 0.1) is 11.3 Å². The predicted octanol–water partition coefficient (Wildman–Crippen LogP) is 4.64. The fourth-order valence-electron chi connectivity index (χ4n) is 3.94. The van der Waals surface area contributed by atoms with Gasteiger partial charge in [-0.15, -0.1) is 0 Å². The molecule has 140 valence electrons. The summed E-state index contributed by atoms with van der Waals surface area (Å²) < 4.78 is 0. The van der Waals surface area contributed by atoms with E-state index in [1.165, 1.54) is 17.7 Å². The van der Waals surface area contributed by atoms with Gasteiger partial charge in [0.15, 0.2) is 0 Å². The number of pyridine rings is 1. The summed E-state index contributed by atoms with van der Waals surface area (Å²) in [6, 6.07) is 14.0. The van der Waals surface area contributed by atoms with Gasteiger partial charge in [-0.25, -0.2) is 0 Å². The molecule has 0 radical (unpaired) electrons. The second-order valence-corrected chi connectivity index (χ2v) is 8.68. The molecule has 0 aliphatic heterocycles. The smallest absolute Gasteiger partial charge is 0.268 e. The number of aryl methyl sites for hydroxylation is 1. The van der Waals surface area contributed by atoms with Gasteiger partial charge in [0.05, 0.1) is 11.0 Å². The van der Waals surface area contributed by atoms with E-state index in [0.29, 0.717) is 23.6 Å². The molecule has 0 fully saturated rings. The second-order valence-electron chi connectivity index (χ2n) is 8.68. The van der Waals surface area contributed by atoms with Crippen molar-refractivity contribution in [2.45, 2.75) is 46.6 Å². The summed E-state index contributed by atoms with van der Waals surface area (Å²) in [4.78, 5) is 20.6. The number of carbonyl (C=O) groups is 1. The van der Waals surface area contributed by atoms with Crippen LogP contribution in [0.15, 0.2) is 42.5 Å². The summed E-state index contributed by atoms with van der Waals surface area (Å²) >= 11 is 0. The highest BCUT2D eigenvalue weighted by Gasteiger charge is 2.29. The zero-order valence-electron chi connectivity index (χ0n) is 16.3. The van der Waals surface area contributed by atoms with Gasteiger partial charge in [-0.3, -0.25) is 9.78 Å². The molecule has 2 N–H and O–H groups in total. The van der Waals surface area contributed by atoms with Crippen LogP contribution in [0.3, 0.4) is 0 Å². The number of hydrogen-bond donors (Lipinski definition) is 2. The van der Waals surface area contributed by atoms with Crippen molar-refractivity contribution in [1.29, 1.82) is 0 Å². The van der Waals surface area contributed by atoms with Crippen LogP contribution in [-0.2, 0) is 19.4 Å². The molecule has 0 saturated carbocycles. The first-order chi connectivity index (χ1) is 12.9. The molecule has 1 aromatic carbocycles. The van der Waals surface area contributed by atoms with E-state index >= 15 is 0 Å². The quantitative estimate of drug-likeness (QED) is 0.714. The first-order valence-electron chi connectivity index (χ1n) is 9.74. The molecule has 0 saturated heterocycles. The van der Waals surface area contributed by atoms with Crippen LogP contribution in [0.1, 0.15) is 54.5 Å². The molecule has 0 spiro atoms. The van der Waals surface area contributed by atoms with Gasteiger partial charge >= 0.3 is 0 Å². The Morgan fingerprint density at radius 2 is 2.00 bits per heavy atom. The minimum absolute atomic E-state index is 0.0950. The van der Waals surface area contributed by atoms with Gasteiger partial charge < -0.3 is 10.3 Å². The Balaban J connectivity index is 1.53. The number of hydrogen-bond acceptors (Lipinski definition) is 2. The molecular formula is C23H27N3O.